The maximum Gasteiger partial charge on any atom is 0.304 e. The highest BCUT2D eigenvalue weighted by Crippen LogP contribution is 2.19. The Morgan fingerprint density at radius 1 is 1.56 bits per heavy atom. The molecule has 92 valence electrons. The van der Waals surface area contributed by atoms with Crippen LogP contribution in [-0.2, 0) is 6.54 Å². The lowest BCUT2D eigenvalue weighted by atomic mass is 10.1. The van der Waals surface area contributed by atoms with E-state index in [0.717, 1.165) is 28.4 Å². The number of nitrogens with one attached hydrogen (secondary N) is 2. The molecule has 2 N–H and O–H groups in total. The molecule has 0 unspecified atom stereocenters. The third kappa shape index (κ3) is 2.57. The summed E-state index contributed by atoms with van der Waals surface area (Å²) in [6.07, 6.45) is 0. The Balaban J connectivity index is 2.24. The van der Waals surface area contributed by atoms with Crippen molar-refractivity contribution in [3.8, 4) is 6.07 Å². The summed E-state index contributed by atoms with van der Waals surface area (Å²) < 4.78 is 0. The van der Waals surface area contributed by atoms with E-state index in [1.807, 2.05) is 19.9 Å². The predicted octanol–water partition coefficient (Wildman–Crippen LogP) is 1.93. The van der Waals surface area contributed by atoms with Crippen molar-refractivity contribution in [1.82, 2.24) is 9.97 Å². The maximum atomic E-state index is 11.0. The lowest BCUT2D eigenvalue weighted by molar-refractivity contribution is 1.04. The summed E-state index contributed by atoms with van der Waals surface area (Å²) in [7, 11) is 0. The molecule has 0 aliphatic heterocycles. The largest absolute Gasteiger partial charge is 0.378 e. The summed E-state index contributed by atoms with van der Waals surface area (Å²) >= 11 is 1.13. The standard InChI is InChI=1S/C12H12N4OS/c1-7-3-11(10(4-13)8(2)15-7)14-5-9-6-18-12(17)16-9/h3,6H,5H2,1-2H3,(H,14,15)(H,16,17). The van der Waals surface area contributed by atoms with E-state index in [9.17, 15) is 4.79 Å². The summed E-state index contributed by atoms with van der Waals surface area (Å²) in [6, 6.07) is 3.97. The molecule has 2 aromatic rings. The first kappa shape index (κ1) is 12.3. The smallest absolute Gasteiger partial charge is 0.304 e. The number of nitrogens with zero attached hydrogens (tertiary/aromatic N) is 2. The minimum atomic E-state index is -0.0746. The molecule has 0 aliphatic carbocycles. The molecule has 0 aliphatic rings. The molecule has 18 heavy (non-hydrogen) atoms. The van der Waals surface area contributed by atoms with Crippen molar-refractivity contribution < 1.29 is 0 Å². The zero-order valence-corrected chi connectivity index (χ0v) is 10.9. The van der Waals surface area contributed by atoms with Crippen molar-refractivity contribution in [2.45, 2.75) is 20.4 Å². The van der Waals surface area contributed by atoms with Gasteiger partial charge in [-0.25, -0.2) is 0 Å². The van der Waals surface area contributed by atoms with Crippen LogP contribution in [0, 0.1) is 25.2 Å². The SMILES string of the molecule is Cc1cc(NCc2csc(=O)[nH]2)c(C#N)c(C)n1. The molecule has 0 atom stereocenters. The summed E-state index contributed by atoms with van der Waals surface area (Å²) in [5.74, 6) is 0. The van der Waals surface area contributed by atoms with Gasteiger partial charge in [-0.05, 0) is 19.9 Å². The molecule has 6 heteroatoms. The summed E-state index contributed by atoms with van der Waals surface area (Å²) in [4.78, 5) is 17.9. The Bertz CT molecular complexity index is 665. The van der Waals surface area contributed by atoms with Crippen LogP contribution in [-0.4, -0.2) is 9.97 Å². The highest BCUT2D eigenvalue weighted by atomic mass is 32.1. The number of aromatic amines is 1. The van der Waals surface area contributed by atoms with Crippen LogP contribution in [0.3, 0.4) is 0 Å². The van der Waals surface area contributed by atoms with Gasteiger partial charge in [-0.2, -0.15) is 5.26 Å². The van der Waals surface area contributed by atoms with Gasteiger partial charge in [-0.15, -0.1) is 0 Å². The molecule has 0 radical (unpaired) electrons. The van der Waals surface area contributed by atoms with Gasteiger partial charge in [0.15, 0.2) is 0 Å². The molecule has 0 aromatic carbocycles. The van der Waals surface area contributed by atoms with Crippen molar-refractivity contribution in [1.29, 1.82) is 5.26 Å². The highest BCUT2D eigenvalue weighted by Gasteiger charge is 2.08. The minimum Gasteiger partial charge on any atom is -0.378 e. The number of pyridine rings is 1. The van der Waals surface area contributed by atoms with Gasteiger partial charge in [0.05, 0.1) is 23.5 Å². The van der Waals surface area contributed by atoms with Crippen LogP contribution in [0.5, 0.6) is 0 Å². The fraction of sp³-hybridized carbons (Fsp3) is 0.250. The van der Waals surface area contributed by atoms with Crippen LogP contribution in [0.1, 0.15) is 22.6 Å². The number of aryl methyl sites for hydroxylation is 2. The summed E-state index contributed by atoms with van der Waals surface area (Å²) in [5.41, 5.74) is 3.65. The number of anilines is 1. The Kier molecular flexibility index (Phi) is 3.44. The zero-order chi connectivity index (χ0) is 13.1. The van der Waals surface area contributed by atoms with Crippen molar-refractivity contribution in [3.05, 3.63) is 43.8 Å². The summed E-state index contributed by atoms with van der Waals surface area (Å²) in [6.45, 7) is 4.17. The quantitative estimate of drug-likeness (QED) is 0.883. The molecule has 2 heterocycles. The topological polar surface area (TPSA) is 81.6 Å². The first-order valence-corrected chi connectivity index (χ1v) is 6.27. The fourth-order valence-electron chi connectivity index (χ4n) is 1.70. The zero-order valence-electron chi connectivity index (χ0n) is 10.1. The van der Waals surface area contributed by atoms with E-state index >= 15 is 0 Å². The average molecular weight is 260 g/mol. The second-order valence-corrected chi connectivity index (χ2v) is 4.75. The Morgan fingerprint density at radius 3 is 2.94 bits per heavy atom. The molecule has 5 nitrogen and oxygen atoms in total. The average Bonchev–Trinajstić information content (AvgIpc) is 2.72. The molecule has 0 spiro atoms. The van der Waals surface area contributed by atoms with Crippen LogP contribution in [0.4, 0.5) is 5.69 Å². The molecular weight excluding hydrogens is 248 g/mol. The van der Waals surface area contributed by atoms with Crippen molar-refractivity contribution in [2.75, 3.05) is 5.32 Å². The van der Waals surface area contributed by atoms with Gasteiger partial charge in [0, 0.05) is 16.8 Å². The van der Waals surface area contributed by atoms with Gasteiger partial charge in [0.25, 0.3) is 0 Å². The summed E-state index contributed by atoms with van der Waals surface area (Å²) in [5, 5.41) is 14.0. The van der Waals surface area contributed by atoms with Gasteiger partial charge in [-0.3, -0.25) is 9.78 Å². The van der Waals surface area contributed by atoms with Crippen LogP contribution >= 0.6 is 11.3 Å². The van der Waals surface area contributed by atoms with E-state index in [1.165, 1.54) is 0 Å². The van der Waals surface area contributed by atoms with E-state index in [-0.39, 0.29) is 4.87 Å². The third-order valence-electron chi connectivity index (χ3n) is 2.48. The second-order valence-electron chi connectivity index (χ2n) is 3.91. The monoisotopic (exact) mass is 260 g/mol. The van der Waals surface area contributed by atoms with Crippen LogP contribution in [0.2, 0.25) is 0 Å². The molecular formula is C12H12N4OS. The van der Waals surface area contributed by atoms with E-state index in [2.05, 4.69) is 21.4 Å². The van der Waals surface area contributed by atoms with Gasteiger partial charge in [-0.1, -0.05) is 11.3 Å². The highest BCUT2D eigenvalue weighted by molar-refractivity contribution is 7.07. The van der Waals surface area contributed by atoms with Gasteiger partial charge in [0.1, 0.15) is 6.07 Å². The third-order valence-corrected chi connectivity index (χ3v) is 3.20. The van der Waals surface area contributed by atoms with E-state index in [4.69, 9.17) is 5.26 Å². The van der Waals surface area contributed by atoms with E-state index < -0.39 is 0 Å². The number of thiazole rings is 1. The molecule has 0 saturated heterocycles. The maximum absolute atomic E-state index is 11.0. The molecule has 0 fully saturated rings. The van der Waals surface area contributed by atoms with Crippen molar-refractivity contribution >= 4 is 17.0 Å². The van der Waals surface area contributed by atoms with Gasteiger partial charge in [0.2, 0.25) is 0 Å². The lowest BCUT2D eigenvalue weighted by Gasteiger charge is -2.09. The molecule has 0 bridgehead atoms. The van der Waals surface area contributed by atoms with Crippen LogP contribution < -0.4 is 10.2 Å². The molecule has 2 rings (SSSR count). The Morgan fingerprint density at radius 2 is 2.33 bits per heavy atom. The first-order chi connectivity index (χ1) is 8.60. The van der Waals surface area contributed by atoms with Gasteiger partial charge >= 0.3 is 4.87 Å². The van der Waals surface area contributed by atoms with E-state index in [0.29, 0.717) is 17.8 Å². The number of rotatable bonds is 3. The molecule has 0 saturated carbocycles. The second kappa shape index (κ2) is 5.02. The number of nitriles is 1. The minimum absolute atomic E-state index is 0.0746. The van der Waals surface area contributed by atoms with Crippen molar-refractivity contribution in [3.63, 3.8) is 0 Å². The number of hydrogen-bond donors (Lipinski definition) is 2. The predicted molar refractivity (Wildman–Crippen MR) is 70.7 cm³/mol. The Hall–Kier alpha value is -2.13. The first-order valence-electron chi connectivity index (χ1n) is 5.39. The number of H-pyrrole nitrogens is 1. The number of hydrogen-bond acceptors (Lipinski definition) is 5. The Labute approximate surface area is 108 Å². The van der Waals surface area contributed by atoms with Gasteiger partial charge < -0.3 is 10.3 Å². The van der Waals surface area contributed by atoms with Crippen molar-refractivity contribution in [2.24, 2.45) is 0 Å². The van der Waals surface area contributed by atoms with E-state index in [1.54, 1.807) is 5.38 Å². The molecule has 0 amide bonds. The lowest BCUT2D eigenvalue weighted by Crippen LogP contribution is -2.06. The fourth-order valence-corrected chi connectivity index (χ4v) is 2.28. The van der Waals surface area contributed by atoms with Crippen LogP contribution in [0.15, 0.2) is 16.2 Å². The number of aromatic nitrogens is 2. The normalized spacial score (nSPS) is 10.1. The van der Waals surface area contributed by atoms with Crippen LogP contribution in [0.25, 0.3) is 0 Å². The molecule has 2 aromatic heterocycles.